The van der Waals surface area contributed by atoms with Crippen LogP contribution in [-0.2, 0) is 10.3 Å². The summed E-state index contributed by atoms with van der Waals surface area (Å²) in [6, 6.07) is 0. The van der Waals surface area contributed by atoms with Crippen LogP contribution in [-0.4, -0.2) is 22.1 Å². The monoisotopic (exact) mass is 221 g/mol. The van der Waals surface area contributed by atoms with Crippen LogP contribution in [0.4, 0.5) is 5.82 Å². The molecule has 1 aromatic rings. The van der Waals surface area contributed by atoms with Gasteiger partial charge in [-0.15, -0.1) is 6.42 Å². The molecule has 5 heteroatoms. The van der Waals surface area contributed by atoms with Crippen molar-refractivity contribution in [3.8, 4) is 12.3 Å². The quantitative estimate of drug-likeness (QED) is 0.611. The van der Waals surface area contributed by atoms with E-state index in [-0.39, 0.29) is 18.1 Å². The molecule has 0 spiro atoms. The zero-order valence-electron chi connectivity index (χ0n) is 9.65. The van der Waals surface area contributed by atoms with Crippen molar-refractivity contribution in [1.82, 2.24) is 9.55 Å². The molecule has 0 saturated heterocycles. The fourth-order valence-electron chi connectivity index (χ4n) is 1.23. The Labute approximate surface area is 94.6 Å². The summed E-state index contributed by atoms with van der Waals surface area (Å²) in [4.78, 5) is 15.4. The fourth-order valence-corrected chi connectivity index (χ4v) is 1.23. The summed E-state index contributed by atoms with van der Waals surface area (Å²) < 4.78 is 6.39. The first-order valence-electron chi connectivity index (χ1n) is 4.92. The van der Waals surface area contributed by atoms with Crippen molar-refractivity contribution in [3.05, 3.63) is 12.0 Å². The van der Waals surface area contributed by atoms with Crippen molar-refractivity contribution < 1.29 is 9.53 Å². The van der Waals surface area contributed by atoms with Crippen molar-refractivity contribution in [2.45, 2.75) is 26.3 Å². The van der Waals surface area contributed by atoms with Gasteiger partial charge in [-0.2, -0.15) is 0 Å². The Kier molecular flexibility index (Phi) is 3.23. The Morgan fingerprint density at radius 3 is 2.88 bits per heavy atom. The fraction of sp³-hybridized carbons (Fsp3) is 0.455. The number of hydrogen-bond acceptors (Lipinski definition) is 4. The number of esters is 1. The largest absolute Gasteiger partial charge is 0.461 e. The zero-order valence-corrected chi connectivity index (χ0v) is 9.65. The molecule has 1 heterocycles. The third-order valence-electron chi connectivity index (χ3n) is 2.23. The Bertz CT molecular complexity index is 441. The Balaban J connectivity index is 3.12. The van der Waals surface area contributed by atoms with Crippen LogP contribution in [0.1, 0.15) is 31.3 Å². The van der Waals surface area contributed by atoms with Gasteiger partial charge in [-0.3, -0.25) is 0 Å². The lowest BCUT2D eigenvalue weighted by Crippen LogP contribution is -2.25. The molecule has 0 atom stereocenters. The van der Waals surface area contributed by atoms with Crippen molar-refractivity contribution in [2.75, 3.05) is 12.3 Å². The minimum absolute atomic E-state index is 0.102. The van der Waals surface area contributed by atoms with Gasteiger partial charge >= 0.3 is 5.97 Å². The number of nitrogens with zero attached hydrogens (tertiary/aromatic N) is 2. The summed E-state index contributed by atoms with van der Waals surface area (Å²) in [7, 11) is 0. The molecule has 0 aliphatic rings. The third-order valence-corrected chi connectivity index (χ3v) is 2.23. The van der Waals surface area contributed by atoms with Gasteiger partial charge in [0.1, 0.15) is 11.4 Å². The van der Waals surface area contributed by atoms with Crippen LogP contribution in [0.2, 0.25) is 0 Å². The molecule has 0 aromatic carbocycles. The van der Waals surface area contributed by atoms with E-state index < -0.39 is 11.5 Å². The molecular formula is C11H15N3O2. The molecule has 1 rings (SSSR count). The number of ether oxygens (including phenoxy) is 1. The average Bonchev–Trinajstić information content (AvgIpc) is 2.61. The van der Waals surface area contributed by atoms with E-state index in [0.29, 0.717) is 0 Å². The molecule has 0 unspecified atom stereocenters. The Hall–Kier alpha value is -1.96. The standard InChI is InChI=1S/C11H15N3O2/c1-5-11(3,4)14-7-13-8(9(14)12)10(15)16-6-2/h1,7H,6,12H2,2-4H3. The summed E-state index contributed by atoms with van der Waals surface area (Å²) in [5.41, 5.74) is 5.28. The lowest BCUT2D eigenvalue weighted by molar-refractivity contribution is 0.0521. The number of hydrogen-bond donors (Lipinski definition) is 1. The van der Waals surface area contributed by atoms with E-state index >= 15 is 0 Å². The average molecular weight is 221 g/mol. The van der Waals surface area contributed by atoms with Crippen molar-refractivity contribution >= 4 is 11.8 Å². The predicted molar refractivity (Wildman–Crippen MR) is 60.8 cm³/mol. The molecular weight excluding hydrogens is 206 g/mol. The summed E-state index contributed by atoms with van der Waals surface area (Å²) in [5, 5.41) is 0. The zero-order chi connectivity index (χ0) is 12.3. The molecule has 0 amide bonds. The van der Waals surface area contributed by atoms with Gasteiger partial charge in [-0.05, 0) is 20.8 Å². The minimum Gasteiger partial charge on any atom is -0.461 e. The van der Waals surface area contributed by atoms with E-state index in [2.05, 4.69) is 10.9 Å². The SMILES string of the molecule is C#CC(C)(C)n1cnc(C(=O)OCC)c1N. The second-order valence-corrected chi connectivity index (χ2v) is 3.77. The normalized spacial score (nSPS) is 10.9. The van der Waals surface area contributed by atoms with Gasteiger partial charge in [0, 0.05) is 0 Å². The lowest BCUT2D eigenvalue weighted by Gasteiger charge is -2.20. The molecule has 1 aromatic heterocycles. The highest BCUT2D eigenvalue weighted by Gasteiger charge is 2.24. The smallest absolute Gasteiger partial charge is 0.360 e. The highest BCUT2D eigenvalue weighted by atomic mass is 16.5. The van der Waals surface area contributed by atoms with Crippen LogP contribution < -0.4 is 5.73 Å². The number of terminal acetylenes is 1. The maximum atomic E-state index is 11.5. The third kappa shape index (κ3) is 2.01. The summed E-state index contributed by atoms with van der Waals surface area (Å²) in [6.07, 6.45) is 6.83. The molecule has 86 valence electrons. The molecule has 5 nitrogen and oxygen atoms in total. The van der Waals surface area contributed by atoms with Crippen LogP contribution in [0.3, 0.4) is 0 Å². The Morgan fingerprint density at radius 1 is 1.75 bits per heavy atom. The van der Waals surface area contributed by atoms with E-state index in [0.717, 1.165) is 0 Å². The lowest BCUT2D eigenvalue weighted by atomic mass is 10.1. The molecule has 0 aliphatic heterocycles. The first-order chi connectivity index (χ1) is 7.44. The van der Waals surface area contributed by atoms with E-state index in [9.17, 15) is 4.79 Å². The van der Waals surface area contributed by atoms with E-state index in [4.69, 9.17) is 16.9 Å². The van der Waals surface area contributed by atoms with Gasteiger partial charge in [0.05, 0.1) is 12.9 Å². The van der Waals surface area contributed by atoms with E-state index in [1.165, 1.54) is 6.33 Å². The first-order valence-corrected chi connectivity index (χ1v) is 4.92. The molecule has 2 N–H and O–H groups in total. The van der Waals surface area contributed by atoms with Crippen LogP contribution in [0.5, 0.6) is 0 Å². The second kappa shape index (κ2) is 4.27. The van der Waals surface area contributed by atoms with Gasteiger partial charge in [-0.1, -0.05) is 5.92 Å². The summed E-state index contributed by atoms with van der Waals surface area (Å²) >= 11 is 0. The molecule has 0 fully saturated rings. The van der Waals surface area contributed by atoms with Crippen LogP contribution in [0, 0.1) is 12.3 Å². The van der Waals surface area contributed by atoms with Crippen molar-refractivity contribution in [3.63, 3.8) is 0 Å². The maximum absolute atomic E-state index is 11.5. The Morgan fingerprint density at radius 2 is 2.38 bits per heavy atom. The minimum atomic E-state index is -0.623. The van der Waals surface area contributed by atoms with Gasteiger partial charge in [0.25, 0.3) is 0 Å². The predicted octanol–water partition coefficient (Wildman–Crippen LogP) is 1.01. The number of imidazole rings is 1. The number of aromatic nitrogens is 2. The second-order valence-electron chi connectivity index (χ2n) is 3.77. The first kappa shape index (κ1) is 12.1. The molecule has 16 heavy (non-hydrogen) atoms. The van der Waals surface area contributed by atoms with E-state index in [1.807, 2.05) is 0 Å². The number of rotatable bonds is 3. The number of anilines is 1. The van der Waals surface area contributed by atoms with Crippen molar-refractivity contribution in [1.29, 1.82) is 0 Å². The van der Waals surface area contributed by atoms with Crippen LogP contribution in [0.25, 0.3) is 0 Å². The van der Waals surface area contributed by atoms with Gasteiger partial charge in [0.15, 0.2) is 5.69 Å². The molecule has 0 bridgehead atoms. The molecule has 0 radical (unpaired) electrons. The number of nitrogen functional groups attached to an aromatic ring is 1. The van der Waals surface area contributed by atoms with E-state index in [1.54, 1.807) is 25.3 Å². The number of carbonyl (C=O) groups excluding carboxylic acids is 1. The number of nitrogens with two attached hydrogens (primary N) is 1. The summed E-state index contributed by atoms with van der Waals surface area (Å²) in [6.45, 7) is 5.61. The van der Waals surface area contributed by atoms with Gasteiger partial charge in [0.2, 0.25) is 0 Å². The maximum Gasteiger partial charge on any atom is 0.360 e. The van der Waals surface area contributed by atoms with Crippen LogP contribution >= 0.6 is 0 Å². The number of carbonyl (C=O) groups is 1. The highest BCUT2D eigenvalue weighted by Crippen LogP contribution is 2.21. The van der Waals surface area contributed by atoms with Gasteiger partial charge < -0.3 is 15.0 Å². The highest BCUT2D eigenvalue weighted by molar-refractivity contribution is 5.92. The molecule has 0 saturated carbocycles. The van der Waals surface area contributed by atoms with Gasteiger partial charge in [-0.25, -0.2) is 9.78 Å². The van der Waals surface area contributed by atoms with Crippen LogP contribution in [0.15, 0.2) is 6.33 Å². The summed E-state index contributed by atoms with van der Waals surface area (Å²) in [5.74, 6) is 2.26. The van der Waals surface area contributed by atoms with Crippen molar-refractivity contribution in [2.24, 2.45) is 0 Å². The molecule has 0 aliphatic carbocycles. The topological polar surface area (TPSA) is 70.1 Å².